The van der Waals surface area contributed by atoms with Crippen molar-refractivity contribution in [1.82, 2.24) is 5.01 Å². The first-order valence-electron chi connectivity index (χ1n) is 8.45. The molecular formula is C19H17F3N2O2. The number of hydrazone groups is 1. The summed E-state index contributed by atoms with van der Waals surface area (Å²) in [6.07, 6.45) is -4.39. The highest BCUT2D eigenvalue weighted by Crippen LogP contribution is 2.45. The maximum atomic E-state index is 13.4. The minimum absolute atomic E-state index is 0.0534. The topological polar surface area (TPSA) is 52.9 Å². The molecule has 1 saturated carbocycles. The van der Waals surface area contributed by atoms with Crippen LogP contribution in [0.5, 0.6) is 0 Å². The monoisotopic (exact) mass is 362 g/mol. The van der Waals surface area contributed by atoms with Gasteiger partial charge < -0.3 is 5.11 Å². The third kappa shape index (κ3) is 2.86. The molecule has 1 atom stereocenters. The van der Waals surface area contributed by atoms with Crippen LogP contribution in [0.4, 0.5) is 13.2 Å². The Morgan fingerprint density at radius 3 is 2.54 bits per heavy atom. The maximum Gasteiger partial charge on any atom is 0.438 e. The molecule has 1 unspecified atom stereocenters. The summed E-state index contributed by atoms with van der Waals surface area (Å²) in [6, 6.07) is 12.8. The van der Waals surface area contributed by atoms with Gasteiger partial charge in [-0.15, -0.1) is 0 Å². The van der Waals surface area contributed by atoms with E-state index in [1.807, 2.05) is 30.3 Å². The van der Waals surface area contributed by atoms with E-state index in [4.69, 9.17) is 0 Å². The van der Waals surface area contributed by atoms with Crippen LogP contribution >= 0.6 is 0 Å². The lowest BCUT2D eigenvalue weighted by molar-refractivity contribution is -0.302. The number of carbonyl (C=O) groups excluding carboxylic acids is 1. The summed E-state index contributed by atoms with van der Waals surface area (Å²) >= 11 is 0. The standard InChI is InChI=1S/C19H17F3N2O2/c20-19(21,22)18(26)11-16(14-7-8-14)23-24(18)17(25)10-12-5-6-13-3-1-2-4-15(13)9-12/h1-6,9,14,26H,7-8,10-11H2. The first-order valence-corrected chi connectivity index (χ1v) is 8.45. The molecule has 0 spiro atoms. The van der Waals surface area contributed by atoms with Gasteiger partial charge in [-0.1, -0.05) is 42.5 Å². The van der Waals surface area contributed by atoms with Gasteiger partial charge in [0.1, 0.15) is 0 Å². The van der Waals surface area contributed by atoms with Gasteiger partial charge in [-0.3, -0.25) is 4.79 Å². The first kappa shape index (κ1) is 17.0. The van der Waals surface area contributed by atoms with Crippen molar-refractivity contribution >= 4 is 22.4 Å². The summed E-state index contributed by atoms with van der Waals surface area (Å²) in [4.78, 5) is 12.6. The number of carbonyl (C=O) groups is 1. The average molecular weight is 362 g/mol. The smallest absolute Gasteiger partial charge is 0.362 e. The molecule has 1 N–H and O–H groups in total. The van der Waals surface area contributed by atoms with E-state index < -0.39 is 24.2 Å². The number of rotatable bonds is 3. The molecule has 0 radical (unpaired) electrons. The van der Waals surface area contributed by atoms with E-state index in [1.165, 1.54) is 0 Å². The second-order valence-electron chi connectivity index (χ2n) is 6.92. The van der Waals surface area contributed by atoms with Crippen molar-refractivity contribution in [2.24, 2.45) is 11.0 Å². The zero-order valence-corrected chi connectivity index (χ0v) is 13.8. The van der Waals surface area contributed by atoms with E-state index in [9.17, 15) is 23.1 Å². The van der Waals surface area contributed by atoms with Crippen LogP contribution in [0.1, 0.15) is 24.8 Å². The van der Waals surface area contributed by atoms with E-state index in [-0.39, 0.29) is 23.1 Å². The lowest BCUT2D eigenvalue weighted by atomic mass is 10.0. The number of hydrogen-bond donors (Lipinski definition) is 1. The quantitative estimate of drug-likeness (QED) is 0.907. The average Bonchev–Trinajstić information content (AvgIpc) is 3.36. The normalized spacial score (nSPS) is 23.4. The van der Waals surface area contributed by atoms with E-state index in [1.54, 1.807) is 12.1 Å². The number of aliphatic hydroxyl groups is 1. The Hall–Kier alpha value is -2.41. The highest BCUT2D eigenvalue weighted by molar-refractivity contribution is 5.94. The van der Waals surface area contributed by atoms with Gasteiger partial charge in [0.2, 0.25) is 5.91 Å². The fourth-order valence-corrected chi connectivity index (χ4v) is 3.30. The predicted octanol–water partition coefficient (Wildman–Crippen LogP) is 3.63. The van der Waals surface area contributed by atoms with Gasteiger partial charge in [0.15, 0.2) is 0 Å². The summed E-state index contributed by atoms with van der Waals surface area (Å²) in [6.45, 7) is 0. The molecule has 2 aromatic rings. The Morgan fingerprint density at radius 2 is 1.88 bits per heavy atom. The van der Waals surface area contributed by atoms with E-state index in [0.29, 0.717) is 5.56 Å². The number of fused-ring (bicyclic) bond motifs is 1. The fraction of sp³-hybridized carbons (Fsp3) is 0.368. The fourth-order valence-electron chi connectivity index (χ4n) is 3.30. The van der Waals surface area contributed by atoms with Crippen molar-refractivity contribution in [2.45, 2.75) is 37.6 Å². The van der Waals surface area contributed by atoms with Crippen molar-refractivity contribution in [3.8, 4) is 0 Å². The van der Waals surface area contributed by atoms with Crippen molar-refractivity contribution in [2.75, 3.05) is 0 Å². The second kappa shape index (κ2) is 5.81. The molecule has 1 aliphatic carbocycles. The van der Waals surface area contributed by atoms with Crippen LogP contribution in [0.2, 0.25) is 0 Å². The summed E-state index contributed by atoms with van der Waals surface area (Å²) < 4.78 is 40.3. The number of alkyl halides is 3. The lowest BCUT2D eigenvalue weighted by Crippen LogP contribution is -2.57. The lowest BCUT2D eigenvalue weighted by Gasteiger charge is -2.32. The summed E-state index contributed by atoms with van der Waals surface area (Å²) in [5.41, 5.74) is -2.41. The van der Waals surface area contributed by atoms with Crippen LogP contribution in [0.3, 0.4) is 0 Å². The van der Waals surface area contributed by atoms with Crippen molar-refractivity contribution in [3.05, 3.63) is 48.0 Å². The summed E-state index contributed by atoms with van der Waals surface area (Å²) in [5.74, 6) is -0.918. The van der Waals surface area contributed by atoms with Gasteiger partial charge in [-0.25, -0.2) is 0 Å². The molecule has 0 saturated heterocycles. The van der Waals surface area contributed by atoms with Crippen LogP contribution in [0.25, 0.3) is 10.8 Å². The third-order valence-electron chi connectivity index (χ3n) is 4.91. The van der Waals surface area contributed by atoms with Gasteiger partial charge in [-0.2, -0.15) is 23.3 Å². The molecule has 4 rings (SSSR count). The van der Waals surface area contributed by atoms with Crippen LogP contribution < -0.4 is 0 Å². The SMILES string of the molecule is O=C(Cc1ccc2ccccc2c1)N1N=C(C2CC2)CC1(O)C(F)(F)F. The molecule has 4 nitrogen and oxygen atoms in total. The zero-order valence-electron chi connectivity index (χ0n) is 13.8. The van der Waals surface area contributed by atoms with Crippen LogP contribution in [-0.4, -0.2) is 33.6 Å². The highest BCUT2D eigenvalue weighted by atomic mass is 19.4. The zero-order chi connectivity index (χ0) is 18.5. The Labute approximate surface area is 147 Å². The van der Waals surface area contributed by atoms with E-state index >= 15 is 0 Å². The molecule has 1 aliphatic heterocycles. The molecule has 2 aliphatic rings. The summed E-state index contributed by atoms with van der Waals surface area (Å²) in [5, 5.41) is 16.2. The van der Waals surface area contributed by atoms with Gasteiger partial charge in [0.05, 0.1) is 6.42 Å². The van der Waals surface area contributed by atoms with Crippen molar-refractivity contribution in [3.63, 3.8) is 0 Å². The highest BCUT2D eigenvalue weighted by Gasteiger charge is 2.64. The molecule has 0 bridgehead atoms. The number of nitrogens with zero attached hydrogens (tertiary/aromatic N) is 2. The van der Waals surface area contributed by atoms with Crippen molar-refractivity contribution < 1.29 is 23.1 Å². The number of benzene rings is 2. The minimum Gasteiger partial charge on any atom is -0.362 e. The van der Waals surface area contributed by atoms with E-state index in [2.05, 4.69) is 5.10 Å². The Balaban J connectivity index is 1.61. The Bertz CT molecular complexity index is 905. The number of hydrogen-bond acceptors (Lipinski definition) is 3. The van der Waals surface area contributed by atoms with Crippen LogP contribution in [0.15, 0.2) is 47.6 Å². The van der Waals surface area contributed by atoms with Crippen LogP contribution in [0, 0.1) is 5.92 Å². The molecular weight excluding hydrogens is 345 g/mol. The predicted molar refractivity (Wildman–Crippen MR) is 90.3 cm³/mol. The molecule has 1 heterocycles. The number of halogens is 3. The molecule has 1 fully saturated rings. The molecule has 0 aromatic heterocycles. The molecule has 1 amide bonds. The largest absolute Gasteiger partial charge is 0.438 e. The van der Waals surface area contributed by atoms with E-state index in [0.717, 1.165) is 23.6 Å². The molecule has 2 aromatic carbocycles. The van der Waals surface area contributed by atoms with Gasteiger partial charge >= 0.3 is 6.18 Å². The molecule has 7 heteroatoms. The Morgan fingerprint density at radius 1 is 1.19 bits per heavy atom. The third-order valence-corrected chi connectivity index (χ3v) is 4.91. The second-order valence-corrected chi connectivity index (χ2v) is 6.92. The van der Waals surface area contributed by atoms with Gasteiger partial charge in [0, 0.05) is 12.1 Å². The first-order chi connectivity index (χ1) is 12.3. The van der Waals surface area contributed by atoms with Gasteiger partial charge in [-0.05, 0) is 35.1 Å². The van der Waals surface area contributed by atoms with Gasteiger partial charge in [0.25, 0.3) is 5.72 Å². The maximum absolute atomic E-state index is 13.4. The van der Waals surface area contributed by atoms with Crippen LogP contribution in [-0.2, 0) is 11.2 Å². The summed E-state index contributed by atoms with van der Waals surface area (Å²) in [7, 11) is 0. The minimum atomic E-state index is -4.97. The molecule has 26 heavy (non-hydrogen) atoms. The number of amides is 1. The molecule has 136 valence electrons. The van der Waals surface area contributed by atoms with Crippen molar-refractivity contribution in [1.29, 1.82) is 0 Å². The Kier molecular flexibility index (Phi) is 3.80.